The van der Waals surface area contributed by atoms with Crippen LogP contribution in [0.3, 0.4) is 0 Å². The third kappa shape index (κ3) is 4.15. The lowest BCUT2D eigenvalue weighted by Gasteiger charge is -2.42. The number of ether oxygens (including phenoxy) is 1. The average molecular weight is 377 g/mol. The molecule has 1 spiro atoms. The Kier molecular flexibility index (Phi) is 5.40. The Morgan fingerprint density at radius 2 is 2.04 bits per heavy atom. The van der Waals surface area contributed by atoms with Gasteiger partial charge in [-0.15, -0.1) is 11.3 Å². The van der Waals surface area contributed by atoms with Gasteiger partial charge >= 0.3 is 0 Å². The number of carbonyl (C=O) groups excluding carboxylic acids is 1. The summed E-state index contributed by atoms with van der Waals surface area (Å²) in [5, 5.41) is 0. The Morgan fingerprint density at radius 1 is 1.27 bits per heavy atom. The van der Waals surface area contributed by atoms with Gasteiger partial charge in [0.25, 0.3) is 0 Å². The van der Waals surface area contributed by atoms with E-state index in [0.717, 1.165) is 51.9 Å². The van der Waals surface area contributed by atoms with Crippen molar-refractivity contribution in [3.63, 3.8) is 0 Å². The van der Waals surface area contributed by atoms with Gasteiger partial charge < -0.3 is 9.64 Å². The van der Waals surface area contributed by atoms with Crippen LogP contribution in [0.4, 0.5) is 0 Å². The van der Waals surface area contributed by atoms with Gasteiger partial charge in [-0.25, -0.2) is 0 Å². The lowest BCUT2D eigenvalue weighted by molar-refractivity contribution is -0.128. The van der Waals surface area contributed by atoms with Crippen LogP contribution in [0.1, 0.15) is 42.4 Å². The first kappa shape index (κ1) is 18.5. The van der Waals surface area contributed by atoms with Crippen molar-refractivity contribution in [3.8, 4) is 0 Å². The third-order valence-corrected chi connectivity index (χ3v) is 7.64. The fourth-order valence-corrected chi connectivity index (χ4v) is 5.61. The van der Waals surface area contributed by atoms with Crippen LogP contribution in [-0.4, -0.2) is 55.1 Å². The highest BCUT2D eigenvalue weighted by Gasteiger charge is 2.48. The first-order chi connectivity index (χ1) is 12.5. The summed E-state index contributed by atoms with van der Waals surface area (Å²) in [4.78, 5) is 19.5. The van der Waals surface area contributed by atoms with E-state index in [0.29, 0.717) is 5.92 Å². The Bertz CT molecular complexity index is 632. The molecule has 1 aromatic heterocycles. The second kappa shape index (κ2) is 7.61. The van der Waals surface area contributed by atoms with E-state index in [1.807, 2.05) is 11.3 Å². The number of hydrogen-bond acceptors (Lipinski definition) is 4. The van der Waals surface area contributed by atoms with Crippen LogP contribution in [0.25, 0.3) is 0 Å². The standard InChI is InChI=1S/C21H32N2O2S/c1-16-3-6-20(26-16)12-22-9-7-21(8-10-22)15-23(17(2)24)11-19(21)14-25-13-18-4-5-18/h3,6,18-19H,4-5,7-15H2,1-2H3/t19-/m1/s1. The molecular formula is C21H32N2O2S. The molecule has 2 saturated heterocycles. The van der Waals surface area contributed by atoms with Gasteiger partial charge in [0.15, 0.2) is 0 Å². The predicted molar refractivity (Wildman–Crippen MR) is 105 cm³/mol. The average Bonchev–Trinajstić information content (AvgIpc) is 3.25. The van der Waals surface area contributed by atoms with Crippen LogP contribution in [0, 0.1) is 24.2 Å². The fourth-order valence-electron chi connectivity index (χ4n) is 4.68. The lowest BCUT2D eigenvalue weighted by atomic mass is 9.71. The zero-order valence-corrected chi connectivity index (χ0v) is 17.0. The molecule has 4 nitrogen and oxygen atoms in total. The van der Waals surface area contributed by atoms with Crippen molar-refractivity contribution in [2.24, 2.45) is 17.3 Å². The highest BCUT2D eigenvalue weighted by Crippen LogP contribution is 2.45. The molecule has 0 unspecified atom stereocenters. The molecule has 0 N–H and O–H groups in total. The SMILES string of the molecule is CC(=O)N1C[C@H](COCC2CC2)C2(CCN(Cc3ccc(C)s3)CC2)C1. The van der Waals surface area contributed by atoms with Crippen molar-refractivity contribution in [3.05, 3.63) is 21.9 Å². The summed E-state index contributed by atoms with van der Waals surface area (Å²) in [5.41, 5.74) is 0.275. The van der Waals surface area contributed by atoms with Crippen LogP contribution in [0.5, 0.6) is 0 Å². The van der Waals surface area contributed by atoms with Crippen molar-refractivity contribution in [2.45, 2.75) is 46.1 Å². The van der Waals surface area contributed by atoms with E-state index in [2.05, 4.69) is 28.9 Å². The van der Waals surface area contributed by atoms with Crippen molar-refractivity contribution < 1.29 is 9.53 Å². The molecule has 4 rings (SSSR count). The van der Waals surface area contributed by atoms with E-state index in [4.69, 9.17) is 4.74 Å². The number of carbonyl (C=O) groups is 1. The fraction of sp³-hybridized carbons (Fsp3) is 0.762. The zero-order valence-electron chi connectivity index (χ0n) is 16.2. The van der Waals surface area contributed by atoms with E-state index in [1.165, 1.54) is 35.4 Å². The van der Waals surface area contributed by atoms with Crippen molar-refractivity contribution >= 4 is 17.2 Å². The van der Waals surface area contributed by atoms with Crippen LogP contribution in [0.2, 0.25) is 0 Å². The van der Waals surface area contributed by atoms with Gasteiger partial charge in [0.2, 0.25) is 5.91 Å². The molecule has 0 radical (unpaired) electrons. The number of piperidine rings is 1. The maximum Gasteiger partial charge on any atom is 0.219 e. The monoisotopic (exact) mass is 376 g/mol. The van der Waals surface area contributed by atoms with Crippen molar-refractivity contribution in [1.82, 2.24) is 9.80 Å². The van der Waals surface area contributed by atoms with Crippen molar-refractivity contribution in [1.29, 1.82) is 0 Å². The number of nitrogens with zero attached hydrogens (tertiary/aromatic N) is 2. The summed E-state index contributed by atoms with van der Waals surface area (Å²) in [6, 6.07) is 4.49. The second-order valence-corrected chi connectivity index (χ2v) is 10.1. The quantitative estimate of drug-likeness (QED) is 0.761. The molecule has 3 fully saturated rings. The molecule has 1 aromatic rings. The van der Waals surface area contributed by atoms with Gasteiger partial charge in [-0.3, -0.25) is 9.69 Å². The first-order valence-electron chi connectivity index (χ1n) is 10.1. The first-order valence-corrected chi connectivity index (χ1v) is 11.0. The Balaban J connectivity index is 1.35. The minimum absolute atomic E-state index is 0.227. The summed E-state index contributed by atoms with van der Waals surface area (Å²) in [6.07, 6.45) is 5.07. The van der Waals surface area contributed by atoms with Crippen LogP contribution >= 0.6 is 11.3 Å². The normalized spacial score (nSPS) is 25.9. The molecule has 3 aliphatic rings. The number of amides is 1. The van der Waals surface area contributed by atoms with Crippen molar-refractivity contribution in [2.75, 3.05) is 39.4 Å². The van der Waals surface area contributed by atoms with E-state index in [9.17, 15) is 4.79 Å². The highest BCUT2D eigenvalue weighted by atomic mass is 32.1. The molecule has 26 heavy (non-hydrogen) atoms. The maximum absolute atomic E-state index is 12.0. The summed E-state index contributed by atoms with van der Waals surface area (Å²) < 4.78 is 6.07. The second-order valence-electron chi connectivity index (χ2n) is 8.73. The minimum Gasteiger partial charge on any atom is -0.381 e. The summed E-state index contributed by atoms with van der Waals surface area (Å²) in [7, 11) is 0. The number of rotatable bonds is 6. The summed E-state index contributed by atoms with van der Waals surface area (Å²) >= 11 is 1.92. The molecule has 3 heterocycles. The van der Waals surface area contributed by atoms with Crippen LogP contribution < -0.4 is 0 Å². The largest absolute Gasteiger partial charge is 0.381 e. The number of likely N-dealkylation sites (tertiary alicyclic amines) is 2. The molecule has 1 aliphatic carbocycles. The van der Waals surface area contributed by atoms with Gasteiger partial charge in [-0.05, 0) is 69.2 Å². The van der Waals surface area contributed by atoms with E-state index in [-0.39, 0.29) is 11.3 Å². The Hall–Kier alpha value is -0.910. The molecular weight excluding hydrogens is 344 g/mol. The van der Waals surface area contributed by atoms with E-state index in [1.54, 1.807) is 6.92 Å². The van der Waals surface area contributed by atoms with Gasteiger partial charge in [-0.1, -0.05) is 0 Å². The maximum atomic E-state index is 12.0. The molecule has 144 valence electrons. The molecule has 0 aromatic carbocycles. The van der Waals surface area contributed by atoms with E-state index < -0.39 is 0 Å². The Labute approximate surface area is 161 Å². The summed E-state index contributed by atoms with van der Waals surface area (Å²) in [6.45, 7) is 10.9. The molecule has 5 heteroatoms. The number of hydrogen-bond donors (Lipinski definition) is 0. The Morgan fingerprint density at radius 3 is 2.65 bits per heavy atom. The number of thiophene rings is 1. The third-order valence-electron chi connectivity index (χ3n) is 6.65. The number of aryl methyl sites for hydroxylation is 1. The summed E-state index contributed by atoms with van der Waals surface area (Å²) in [5.74, 6) is 1.55. The minimum atomic E-state index is 0.227. The molecule has 2 aliphatic heterocycles. The molecule has 1 amide bonds. The van der Waals surface area contributed by atoms with Gasteiger partial charge in [0, 0.05) is 48.8 Å². The van der Waals surface area contributed by atoms with E-state index >= 15 is 0 Å². The lowest BCUT2D eigenvalue weighted by Crippen LogP contribution is -2.45. The smallest absolute Gasteiger partial charge is 0.219 e. The van der Waals surface area contributed by atoms with Crippen LogP contribution in [0.15, 0.2) is 12.1 Å². The van der Waals surface area contributed by atoms with Gasteiger partial charge in [0.05, 0.1) is 6.61 Å². The molecule has 0 bridgehead atoms. The predicted octanol–water partition coefficient (Wildman–Crippen LogP) is 3.54. The van der Waals surface area contributed by atoms with Gasteiger partial charge in [-0.2, -0.15) is 0 Å². The highest BCUT2D eigenvalue weighted by molar-refractivity contribution is 7.11. The van der Waals surface area contributed by atoms with Gasteiger partial charge in [0.1, 0.15) is 0 Å². The molecule has 1 atom stereocenters. The van der Waals surface area contributed by atoms with Crippen LogP contribution in [-0.2, 0) is 16.1 Å². The molecule has 1 saturated carbocycles. The topological polar surface area (TPSA) is 32.8 Å². The zero-order chi connectivity index (χ0) is 18.1.